The van der Waals surface area contributed by atoms with E-state index in [0.717, 1.165) is 6.07 Å². The van der Waals surface area contributed by atoms with Crippen molar-refractivity contribution in [3.63, 3.8) is 0 Å². The number of benzene rings is 2. The number of rotatable bonds is 0. The summed E-state index contributed by atoms with van der Waals surface area (Å²) in [5.74, 6) is -1.21. The van der Waals surface area contributed by atoms with Gasteiger partial charge in [-0.2, -0.15) is 0 Å². The minimum Gasteiger partial charge on any atom is -0.508 e. The minimum atomic E-state index is -0.642. The number of aryl methyl sites for hydroxylation is 1. The van der Waals surface area contributed by atoms with Gasteiger partial charge in [0.25, 0.3) is 0 Å². The number of hydrogen-bond donors (Lipinski definition) is 2. The molecule has 0 spiro atoms. The zero-order chi connectivity index (χ0) is 13.7. The highest BCUT2D eigenvalue weighted by molar-refractivity contribution is 6.16. The molecule has 0 radical (unpaired) electrons. The molecule has 19 heavy (non-hydrogen) atoms. The van der Waals surface area contributed by atoms with Gasteiger partial charge in [-0.3, -0.25) is 9.59 Å². The molecule has 0 atom stereocenters. The Balaban J connectivity index is 2.47. The average Bonchev–Trinajstić information content (AvgIpc) is 2.25. The van der Waals surface area contributed by atoms with Crippen molar-refractivity contribution in [1.82, 2.24) is 0 Å². The second-order valence-corrected chi connectivity index (χ2v) is 4.53. The van der Waals surface area contributed by atoms with Crippen molar-refractivity contribution in [1.29, 1.82) is 0 Å². The smallest absolute Gasteiger partial charge is 0.319 e. The number of fused-ring (bicyclic) bond motifs is 3. The molecule has 0 amide bonds. The maximum absolute atomic E-state index is 11.9. The van der Waals surface area contributed by atoms with E-state index >= 15 is 0 Å². The number of esters is 1. The third kappa shape index (κ3) is 1.62. The molecule has 2 aromatic rings. The minimum absolute atomic E-state index is 0.0775. The van der Waals surface area contributed by atoms with Crippen LogP contribution in [-0.4, -0.2) is 22.0 Å². The van der Waals surface area contributed by atoms with Gasteiger partial charge in [-0.15, -0.1) is 0 Å². The van der Waals surface area contributed by atoms with Gasteiger partial charge in [0.05, 0.1) is 10.9 Å². The van der Waals surface area contributed by atoms with E-state index in [9.17, 15) is 19.8 Å². The molecule has 96 valence electrons. The zero-order valence-corrected chi connectivity index (χ0v) is 10.1. The van der Waals surface area contributed by atoms with Crippen LogP contribution in [0.5, 0.6) is 17.2 Å². The average molecular weight is 258 g/mol. The SMILES string of the molecule is Cc1cc2cc(O)cc(O)c2c2c1C(=O)CC(=O)O2. The van der Waals surface area contributed by atoms with Crippen LogP contribution in [0.1, 0.15) is 22.3 Å². The number of ether oxygens (including phenoxy) is 1. The summed E-state index contributed by atoms with van der Waals surface area (Å²) < 4.78 is 5.12. The summed E-state index contributed by atoms with van der Waals surface area (Å²) in [4.78, 5) is 23.3. The molecule has 0 saturated carbocycles. The molecule has 5 heteroatoms. The molecule has 1 heterocycles. The first-order valence-corrected chi connectivity index (χ1v) is 5.70. The van der Waals surface area contributed by atoms with E-state index in [1.807, 2.05) is 0 Å². The number of carbonyl (C=O) groups excluding carboxylic acids is 2. The van der Waals surface area contributed by atoms with Crippen molar-refractivity contribution in [2.75, 3.05) is 0 Å². The van der Waals surface area contributed by atoms with Gasteiger partial charge >= 0.3 is 5.97 Å². The van der Waals surface area contributed by atoms with E-state index in [0.29, 0.717) is 16.5 Å². The number of carbonyl (C=O) groups is 2. The summed E-state index contributed by atoms with van der Waals surface area (Å²) in [5, 5.41) is 20.2. The molecule has 3 rings (SSSR count). The number of phenolic OH excluding ortho intramolecular Hbond substituents is 2. The molecular formula is C14H10O5. The highest BCUT2D eigenvalue weighted by atomic mass is 16.5. The van der Waals surface area contributed by atoms with Crippen LogP contribution in [0.3, 0.4) is 0 Å². The largest absolute Gasteiger partial charge is 0.508 e. The fourth-order valence-electron chi connectivity index (χ4n) is 2.42. The summed E-state index contributed by atoms with van der Waals surface area (Å²) in [6.07, 6.45) is -0.293. The Labute approximate surface area is 108 Å². The third-order valence-electron chi connectivity index (χ3n) is 3.15. The quantitative estimate of drug-likeness (QED) is 0.429. The van der Waals surface area contributed by atoms with Gasteiger partial charge in [-0.25, -0.2) is 0 Å². The Morgan fingerprint density at radius 1 is 1.16 bits per heavy atom. The lowest BCUT2D eigenvalue weighted by atomic mass is 9.94. The monoisotopic (exact) mass is 258 g/mol. The number of phenols is 2. The van der Waals surface area contributed by atoms with E-state index < -0.39 is 5.97 Å². The second-order valence-electron chi connectivity index (χ2n) is 4.53. The van der Waals surface area contributed by atoms with Gasteiger partial charge in [-0.1, -0.05) is 6.07 Å². The van der Waals surface area contributed by atoms with Crippen molar-refractivity contribution in [3.8, 4) is 17.2 Å². The molecule has 0 saturated heterocycles. The van der Waals surface area contributed by atoms with Crippen LogP contribution in [0.2, 0.25) is 0 Å². The van der Waals surface area contributed by atoms with Crippen LogP contribution >= 0.6 is 0 Å². The van der Waals surface area contributed by atoms with Gasteiger partial charge in [0.2, 0.25) is 0 Å². The van der Waals surface area contributed by atoms with Crippen molar-refractivity contribution < 1.29 is 24.5 Å². The van der Waals surface area contributed by atoms with E-state index in [4.69, 9.17) is 4.74 Å². The maximum atomic E-state index is 11.9. The molecule has 1 aliphatic rings. The van der Waals surface area contributed by atoms with Crippen LogP contribution in [-0.2, 0) is 4.79 Å². The van der Waals surface area contributed by atoms with Crippen molar-refractivity contribution in [2.45, 2.75) is 13.3 Å². The Morgan fingerprint density at radius 3 is 2.63 bits per heavy atom. The summed E-state index contributed by atoms with van der Waals surface area (Å²) in [5.41, 5.74) is 0.957. The lowest BCUT2D eigenvalue weighted by molar-refractivity contribution is -0.133. The Hall–Kier alpha value is -2.56. The van der Waals surface area contributed by atoms with Gasteiger partial charge < -0.3 is 14.9 Å². The van der Waals surface area contributed by atoms with E-state index in [1.54, 1.807) is 13.0 Å². The van der Waals surface area contributed by atoms with Gasteiger partial charge in [0.1, 0.15) is 17.9 Å². The second kappa shape index (κ2) is 3.71. The molecule has 0 unspecified atom stereocenters. The first kappa shape index (κ1) is 11.5. The first-order valence-electron chi connectivity index (χ1n) is 5.70. The highest BCUT2D eigenvalue weighted by Crippen LogP contribution is 2.42. The first-order chi connectivity index (χ1) is 8.97. The predicted octanol–water partition coefficient (Wildman–Crippen LogP) is 2.05. The lowest BCUT2D eigenvalue weighted by Crippen LogP contribution is -2.22. The number of aromatic hydroxyl groups is 2. The van der Waals surface area contributed by atoms with Crippen LogP contribution in [0, 0.1) is 6.92 Å². The molecule has 1 aliphatic heterocycles. The molecule has 0 aromatic heterocycles. The van der Waals surface area contributed by atoms with Crippen molar-refractivity contribution >= 4 is 22.5 Å². The maximum Gasteiger partial charge on any atom is 0.319 e. The van der Waals surface area contributed by atoms with Crippen LogP contribution in [0.25, 0.3) is 10.8 Å². The Morgan fingerprint density at radius 2 is 1.89 bits per heavy atom. The van der Waals surface area contributed by atoms with Gasteiger partial charge in [-0.05, 0) is 23.9 Å². The fourth-order valence-corrected chi connectivity index (χ4v) is 2.42. The molecule has 5 nitrogen and oxygen atoms in total. The Kier molecular flexibility index (Phi) is 2.25. The van der Waals surface area contributed by atoms with E-state index in [-0.39, 0.29) is 34.8 Å². The van der Waals surface area contributed by atoms with Crippen molar-refractivity contribution in [3.05, 3.63) is 29.3 Å². The van der Waals surface area contributed by atoms with Crippen molar-refractivity contribution in [2.24, 2.45) is 0 Å². The zero-order valence-electron chi connectivity index (χ0n) is 10.1. The third-order valence-corrected chi connectivity index (χ3v) is 3.15. The number of Topliss-reactive ketones (excluding diaryl/α,β-unsaturated/α-hetero) is 1. The van der Waals surface area contributed by atoms with E-state index in [1.165, 1.54) is 6.07 Å². The molecule has 0 bridgehead atoms. The number of ketones is 1. The molecular weight excluding hydrogens is 248 g/mol. The molecule has 0 fully saturated rings. The normalized spacial score (nSPS) is 14.4. The van der Waals surface area contributed by atoms with E-state index in [2.05, 4.69) is 0 Å². The van der Waals surface area contributed by atoms with Crippen LogP contribution < -0.4 is 4.74 Å². The molecule has 0 aliphatic carbocycles. The summed E-state index contributed by atoms with van der Waals surface area (Å²) in [6, 6.07) is 4.25. The van der Waals surface area contributed by atoms with Gasteiger partial charge in [0.15, 0.2) is 11.5 Å². The number of hydrogen-bond acceptors (Lipinski definition) is 5. The standard InChI is InChI=1S/C14H10O5/c1-6-2-7-3-8(15)4-9(16)13(7)14-12(6)10(17)5-11(18)19-14/h2-4,15-16H,5H2,1H3. The summed E-state index contributed by atoms with van der Waals surface area (Å²) in [7, 11) is 0. The molecule has 2 N–H and O–H groups in total. The van der Waals surface area contributed by atoms with Gasteiger partial charge in [0, 0.05) is 6.07 Å². The fraction of sp³-hybridized carbons (Fsp3) is 0.143. The van der Waals surface area contributed by atoms with Crippen LogP contribution in [0.15, 0.2) is 18.2 Å². The highest BCUT2D eigenvalue weighted by Gasteiger charge is 2.29. The summed E-state index contributed by atoms with van der Waals surface area (Å²) >= 11 is 0. The lowest BCUT2D eigenvalue weighted by Gasteiger charge is -2.19. The topological polar surface area (TPSA) is 83.8 Å². The molecule has 2 aromatic carbocycles. The Bertz CT molecular complexity index is 745. The van der Waals surface area contributed by atoms with Crippen LogP contribution in [0.4, 0.5) is 0 Å². The summed E-state index contributed by atoms with van der Waals surface area (Å²) in [6.45, 7) is 1.72. The predicted molar refractivity (Wildman–Crippen MR) is 66.6 cm³/mol.